The van der Waals surface area contributed by atoms with Crippen LogP contribution in [0, 0.1) is 34.5 Å². The normalized spacial score (nSPS) is 46.3. The second-order valence-electron chi connectivity index (χ2n) is 9.30. The van der Waals surface area contributed by atoms with Crippen molar-refractivity contribution in [3.63, 3.8) is 0 Å². The Morgan fingerprint density at radius 3 is 2.72 bits per heavy atom. The van der Waals surface area contributed by atoms with Crippen molar-refractivity contribution < 1.29 is 9.59 Å². The summed E-state index contributed by atoms with van der Waals surface area (Å²) in [7, 11) is 0. The van der Waals surface area contributed by atoms with E-state index in [1.807, 2.05) is 6.08 Å². The van der Waals surface area contributed by atoms with Gasteiger partial charge in [-0.2, -0.15) is 11.8 Å². The molecule has 0 saturated heterocycles. The van der Waals surface area contributed by atoms with E-state index in [0.717, 1.165) is 37.9 Å². The number of rotatable bonds is 3. The topological polar surface area (TPSA) is 34.1 Å². The minimum Gasteiger partial charge on any atom is -0.299 e. The molecule has 0 spiro atoms. The van der Waals surface area contributed by atoms with Gasteiger partial charge in [-0.15, -0.1) is 0 Å². The van der Waals surface area contributed by atoms with Crippen LogP contribution >= 0.6 is 11.8 Å². The largest absolute Gasteiger partial charge is 0.299 e. The third kappa shape index (κ3) is 2.51. The molecule has 0 aromatic heterocycles. The van der Waals surface area contributed by atoms with Crippen LogP contribution in [0.25, 0.3) is 0 Å². The molecular weight excluding hydrogens is 328 g/mol. The van der Waals surface area contributed by atoms with Crippen LogP contribution in [0.3, 0.4) is 0 Å². The summed E-state index contributed by atoms with van der Waals surface area (Å²) in [4.78, 5) is 24.9. The Labute approximate surface area is 156 Å². The van der Waals surface area contributed by atoms with Gasteiger partial charge in [-0.25, -0.2) is 0 Å². The summed E-state index contributed by atoms with van der Waals surface area (Å²) in [5.41, 5.74) is 1.64. The van der Waals surface area contributed by atoms with E-state index in [4.69, 9.17) is 0 Å². The van der Waals surface area contributed by atoms with Gasteiger partial charge in [0.15, 0.2) is 5.78 Å². The van der Waals surface area contributed by atoms with Gasteiger partial charge in [0.05, 0.1) is 0 Å². The molecule has 3 fully saturated rings. The predicted octanol–water partition coefficient (Wildman–Crippen LogP) is 5.07. The number of thioether (sulfide) groups is 1. The fourth-order valence-corrected chi connectivity index (χ4v) is 8.14. The van der Waals surface area contributed by atoms with Crippen molar-refractivity contribution >= 4 is 23.3 Å². The molecule has 4 rings (SSSR count). The average Bonchev–Trinajstić information content (AvgIpc) is 2.84. The van der Waals surface area contributed by atoms with Crippen LogP contribution < -0.4 is 0 Å². The lowest BCUT2D eigenvalue weighted by atomic mass is 9.47. The molecule has 0 unspecified atom stereocenters. The number of carbonyl (C=O) groups is 2. The molecule has 3 saturated carbocycles. The number of hydrogen-bond donors (Lipinski definition) is 0. The third-order valence-electron chi connectivity index (χ3n) is 8.26. The fourth-order valence-electron chi connectivity index (χ4n) is 7.03. The summed E-state index contributed by atoms with van der Waals surface area (Å²) in [6.45, 7) is 6.66. The summed E-state index contributed by atoms with van der Waals surface area (Å²) in [5, 5.41) is 0. The van der Waals surface area contributed by atoms with Crippen LogP contribution in [0.4, 0.5) is 0 Å². The lowest BCUT2D eigenvalue weighted by molar-refractivity contribution is -0.134. The van der Waals surface area contributed by atoms with Gasteiger partial charge in [-0.1, -0.05) is 26.3 Å². The van der Waals surface area contributed by atoms with Gasteiger partial charge in [-0.3, -0.25) is 9.59 Å². The van der Waals surface area contributed by atoms with Gasteiger partial charge in [-0.05, 0) is 68.1 Å². The molecule has 0 amide bonds. The van der Waals surface area contributed by atoms with Crippen molar-refractivity contribution in [3.05, 3.63) is 11.6 Å². The van der Waals surface area contributed by atoms with Gasteiger partial charge in [0.25, 0.3) is 0 Å². The van der Waals surface area contributed by atoms with E-state index in [1.54, 1.807) is 0 Å². The molecule has 25 heavy (non-hydrogen) atoms. The highest BCUT2D eigenvalue weighted by molar-refractivity contribution is 7.99. The molecule has 6 atom stereocenters. The first-order chi connectivity index (χ1) is 11.9. The molecule has 4 aliphatic rings. The Bertz CT molecular complexity index is 624. The second kappa shape index (κ2) is 6.25. The fraction of sp³-hybridized carbons (Fsp3) is 0.818. The Morgan fingerprint density at radius 2 is 1.96 bits per heavy atom. The Morgan fingerprint density at radius 1 is 1.16 bits per heavy atom. The van der Waals surface area contributed by atoms with Gasteiger partial charge < -0.3 is 0 Å². The Balaban J connectivity index is 1.71. The van der Waals surface area contributed by atoms with Crippen molar-refractivity contribution in [3.8, 4) is 0 Å². The minimum absolute atomic E-state index is 0.0641. The summed E-state index contributed by atoms with van der Waals surface area (Å²) in [6.07, 6.45) is 9.45. The first-order valence-electron chi connectivity index (χ1n) is 10.3. The highest BCUT2D eigenvalue weighted by atomic mass is 32.2. The molecule has 0 aliphatic heterocycles. The van der Waals surface area contributed by atoms with Crippen LogP contribution in [-0.4, -0.2) is 23.1 Å². The van der Waals surface area contributed by atoms with Crippen molar-refractivity contribution in [1.29, 1.82) is 0 Å². The van der Waals surface area contributed by atoms with Crippen LogP contribution in [-0.2, 0) is 9.59 Å². The highest BCUT2D eigenvalue weighted by Crippen LogP contribution is 2.65. The molecule has 0 N–H and O–H groups in total. The summed E-state index contributed by atoms with van der Waals surface area (Å²) >= 11 is 2.05. The van der Waals surface area contributed by atoms with Gasteiger partial charge in [0.1, 0.15) is 5.78 Å². The van der Waals surface area contributed by atoms with Crippen molar-refractivity contribution in [2.75, 3.05) is 11.5 Å². The zero-order chi connectivity index (χ0) is 17.8. The zero-order valence-electron chi connectivity index (χ0n) is 16.0. The van der Waals surface area contributed by atoms with Crippen molar-refractivity contribution in [2.24, 2.45) is 34.5 Å². The van der Waals surface area contributed by atoms with Crippen LogP contribution in [0.15, 0.2) is 11.6 Å². The van der Waals surface area contributed by atoms with E-state index < -0.39 is 0 Å². The monoisotopic (exact) mass is 360 g/mol. The van der Waals surface area contributed by atoms with E-state index in [0.29, 0.717) is 29.3 Å². The van der Waals surface area contributed by atoms with E-state index in [-0.39, 0.29) is 16.7 Å². The number of allylic oxidation sites excluding steroid dienone is 1. The minimum atomic E-state index is -0.0641. The standard InChI is InChI=1S/C22H32O2S/c1-4-25-13-22-10-7-16(23)12-15(22)5-6-17-18(22)8-9-21(3)19(17)11-14(2)20(21)24/h12,14,17-19H,4-11,13H2,1-3H3/t14-,17-,18+,19+,21+,22-/m1/s1. The summed E-state index contributed by atoms with van der Waals surface area (Å²) < 4.78 is 0. The molecule has 0 aromatic carbocycles. The number of ketones is 2. The van der Waals surface area contributed by atoms with Gasteiger partial charge >= 0.3 is 0 Å². The van der Waals surface area contributed by atoms with Crippen LogP contribution in [0.5, 0.6) is 0 Å². The highest BCUT2D eigenvalue weighted by Gasteiger charge is 2.61. The van der Waals surface area contributed by atoms with E-state index >= 15 is 0 Å². The number of carbonyl (C=O) groups excluding carboxylic acids is 2. The van der Waals surface area contributed by atoms with E-state index in [2.05, 4.69) is 32.5 Å². The first kappa shape index (κ1) is 17.8. The summed E-state index contributed by atoms with van der Waals surface area (Å²) in [5.74, 6) is 5.42. The van der Waals surface area contributed by atoms with Crippen molar-refractivity contribution in [2.45, 2.75) is 65.7 Å². The van der Waals surface area contributed by atoms with E-state index in [1.165, 1.54) is 24.2 Å². The lowest BCUT2D eigenvalue weighted by Crippen LogP contribution is -2.52. The molecule has 0 heterocycles. The molecule has 138 valence electrons. The molecule has 2 nitrogen and oxygen atoms in total. The molecule has 3 heteroatoms. The van der Waals surface area contributed by atoms with E-state index in [9.17, 15) is 9.59 Å². The predicted molar refractivity (Wildman–Crippen MR) is 104 cm³/mol. The molecule has 0 radical (unpaired) electrons. The quantitative estimate of drug-likeness (QED) is 0.705. The van der Waals surface area contributed by atoms with Crippen molar-refractivity contribution in [1.82, 2.24) is 0 Å². The SMILES string of the molecule is CCSC[C@]12CCC(=O)C=C1CC[C@@H]1[C@@H]2CC[C@]2(C)C(=O)[C@H](C)C[C@@H]12. The lowest BCUT2D eigenvalue weighted by Gasteiger charge is -2.58. The number of fused-ring (bicyclic) bond motifs is 5. The summed E-state index contributed by atoms with van der Waals surface area (Å²) in [6, 6.07) is 0. The maximum Gasteiger partial charge on any atom is 0.155 e. The van der Waals surface area contributed by atoms with Gasteiger partial charge in [0.2, 0.25) is 0 Å². The smallest absolute Gasteiger partial charge is 0.155 e. The Hall–Kier alpha value is -0.570. The average molecular weight is 361 g/mol. The first-order valence-corrected chi connectivity index (χ1v) is 11.4. The molecule has 4 aliphatic carbocycles. The molecule has 0 aromatic rings. The second-order valence-corrected chi connectivity index (χ2v) is 10.6. The number of Topliss-reactive ketones (excluding diaryl/α,β-unsaturated/α-hetero) is 1. The molecular formula is C22H32O2S. The zero-order valence-corrected chi connectivity index (χ0v) is 16.8. The maximum absolute atomic E-state index is 12.9. The molecule has 0 bridgehead atoms. The third-order valence-corrected chi connectivity index (χ3v) is 9.38. The maximum atomic E-state index is 12.9. The Kier molecular flexibility index (Phi) is 4.46. The van der Waals surface area contributed by atoms with Gasteiger partial charge in [0, 0.05) is 28.9 Å². The number of hydrogen-bond acceptors (Lipinski definition) is 3. The van der Waals surface area contributed by atoms with Crippen LogP contribution in [0.1, 0.15) is 65.7 Å². The van der Waals surface area contributed by atoms with Crippen LogP contribution in [0.2, 0.25) is 0 Å².